The van der Waals surface area contributed by atoms with Crippen molar-refractivity contribution in [2.75, 3.05) is 20.0 Å². The molecule has 0 atom stereocenters. The maximum Gasteiger partial charge on any atom is 0.262 e. The molecule has 1 fully saturated rings. The van der Waals surface area contributed by atoms with Crippen molar-refractivity contribution in [1.29, 1.82) is 0 Å². The lowest BCUT2D eigenvalue weighted by Gasteiger charge is -2.14. The van der Waals surface area contributed by atoms with Crippen LogP contribution in [0.4, 0.5) is 0 Å². The van der Waals surface area contributed by atoms with Gasteiger partial charge in [0.1, 0.15) is 0 Å². The minimum atomic E-state index is 0.132. The minimum absolute atomic E-state index is 0.132. The standard InChI is InChI=1S/C13H16N2OS/c1-14(2)9-12-13(16)15(10-17-12)8-11-6-4-3-5-7-11/h3-7,9H,8,10H2,1-2H3. The quantitative estimate of drug-likeness (QED) is 0.766. The number of benzene rings is 1. The molecule has 90 valence electrons. The highest BCUT2D eigenvalue weighted by Gasteiger charge is 2.26. The molecule has 0 bridgehead atoms. The number of rotatable bonds is 3. The van der Waals surface area contributed by atoms with Gasteiger partial charge in [0.05, 0.1) is 10.8 Å². The second-order valence-corrected chi connectivity index (χ2v) is 5.21. The number of thioether (sulfide) groups is 1. The Labute approximate surface area is 106 Å². The van der Waals surface area contributed by atoms with Crippen LogP contribution in [0.2, 0.25) is 0 Å². The second-order valence-electron chi connectivity index (χ2n) is 4.22. The van der Waals surface area contributed by atoms with E-state index in [9.17, 15) is 4.79 Å². The predicted octanol–water partition coefficient (Wildman–Crippen LogP) is 2.12. The van der Waals surface area contributed by atoms with Crippen molar-refractivity contribution in [2.24, 2.45) is 0 Å². The molecule has 1 aliphatic rings. The minimum Gasteiger partial charge on any atom is -0.382 e. The highest BCUT2D eigenvalue weighted by Crippen LogP contribution is 2.29. The van der Waals surface area contributed by atoms with Crippen molar-refractivity contribution in [3.05, 3.63) is 47.0 Å². The molecule has 0 N–H and O–H groups in total. The average molecular weight is 248 g/mol. The Hall–Kier alpha value is -1.42. The molecule has 1 saturated heterocycles. The van der Waals surface area contributed by atoms with Gasteiger partial charge in [-0.25, -0.2) is 0 Å². The van der Waals surface area contributed by atoms with Gasteiger partial charge in [0.15, 0.2) is 0 Å². The van der Waals surface area contributed by atoms with Crippen molar-refractivity contribution in [2.45, 2.75) is 6.54 Å². The van der Waals surface area contributed by atoms with Gasteiger partial charge < -0.3 is 9.80 Å². The summed E-state index contributed by atoms with van der Waals surface area (Å²) in [5.41, 5.74) is 1.17. The zero-order chi connectivity index (χ0) is 12.3. The van der Waals surface area contributed by atoms with Gasteiger partial charge >= 0.3 is 0 Å². The molecule has 0 radical (unpaired) electrons. The van der Waals surface area contributed by atoms with Crippen LogP contribution < -0.4 is 0 Å². The summed E-state index contributed by atoms with van der Waals surface area (Å²) < 4.78 is 0. The number of amides is 1. The SMILES string of the molecule is CN(C)C=C1SCN(Cc2ccccc2)C1=O. The van der Waals surface area contributed by atoms with Crippen LogP contribution in [0.3, 0.4) is 0 Å². The highest BCUT2D eigenvalue weighted by atomic mass is 32.2. The van der Waals surface area contributed by atoms with E-state index in [4.69, 9.17) is 0 Å². The van der Waals surface area contributed by atoms with Gasteiger partial charge in [0.2, 0.25) is 0 Å². The third-order valence-electron chi connectivity index (χ3n) is 2.47. The number of nitrogens with zero attached hydrogens (tertiary/aromatic N) is 2. The molecule has 1 heterocycles. The Morgan fingerprint density at radius 3 is 2.71 bits per heavy atom. The van der Waals surface area contributed by atoms with Crippen LogP contribution in [-0.2, 0) is 11.3 Å². The molecule has 0 aromatic heterocycles. The van der Waals surface area contributed by atoms with Crippen LogP contribution >= 0.6 is 11.8 Å². The maximum absolute atomic E-state index is 12.1. The lowest BCUT2D eigenvalue weighted by atomic mass is 10.2. The van der Waals surface area contributed by atoms with Gasteiger partial charge in [-0.3, -0.25) is 4.79 Å². The molecule has 0 unspecified atom stereocenters. The third kappa shape index (κ3) is 3.03. The smallest absolute Gasteiger partial charge is 0.262 e. The monoisotopic (exact) mass is 248 g/mol. The fourth-order valence-corrected chi connectivity index (χ4v) is 2.71. The summed E-state index contributed by atoms with van der Waals surface area (Å²) in [6.07, 6.45) is 1.89. The molecule has 4 heteroatoms. The Bertz CT molecular complexity index is 428. The molecule has 3 nitrogen and oxygen atoms in total. The summed E-state index contributed by atoms with van der Waals surface area (Å²) in [4.78, 5) is 16.7. The molecule has 2 rings (SSSR count). The van der Waals surface area contributed by atoms with Crippen molar-refractivity contribution in [3.8, 4) is 0 Å². The molecule has 1 aromatic rings. The van der Waals surface area contributed by atoms with E-state index in [1.165, 1.54) is 5.56 Å². The van der Waals surface area contributed by atoms with Crippen molar-refractivity contribution < 1.29 is 4.79 Å². The van der Waals surface area contributed by atoms with Crippen LogP contribution in [0.5, 0.6) is 0 Å². The van der Waals surface area contributed by atoms with Crippen LogP contribution in [0.1, 0.15) is 5.56 Å². The van der Waals surface area contributed by atoms with Gasteiger partial charge in [-0.15, -0.1) is 0 Å². The van der Waals surface area contributed by atoms with E-state index in [2.05, 4.69) is 0 Å². The normalized spacial score (nSPS) is 17.9. The summed E-state index contributed by atoms with van der Waals surface area (Å²) in [5, 5.41) is 0. The maximum atomic E-state index is 12.1. The zero-order valence-corrected chi connectivity index (χ0v) is 10.9. The van der Waals surface area contributed by atoms with Gasteiger partial charge in [0, 0.05) is 26.8 Å². The summed E-state index contributed by atoms with van der Waals surface area (Å²) >= 11 is 1.60. The number of carbonyl (C=O) groups is 1. The molecule has 0 aliphatic carbocycles. The fourth-order valence-electron chi connectivity index (χ4n) is 1.67. The molecule has 0 spiro atoms. The molecule has 1 amide bonds. The number of carbonyl (C=O) groups excluding carboxylic acids is 1. The van der Waals surface area contributed by atoms with Gasteiger partial charge in [0.25, 0.3) is 5.91 Å². The zero-order valence-electron chi connectivity index (χ0n) is 10.1. The largest absolute Gasteiger partial charge is 0.382 e. The molecule has 1 aliphatic heterocycles. The Kier molecular flexibility index (Phi) is 3.74. The first kappa shape index (κ1) is 12.0. The molecule has 0 saturated carbocycles. The third-order valence-corrected chi connectivity index (χ3v) is 3.50. The van der Waals surface area contributed by atoms with Crippen LogP contribution in [0.15, 0.2) is 41.4 Å². The topological polar surface area (TPSA) is 23.6 Å². The lowest BCUT2D eigenvalue weighted by molar-refractivity contribution is -0.125. The van der Waals surface area contributed by atoms with Crippen molar-refractivity contribution in [3.63, 3.8) is 0 Å². The van der Waals surface area contributed by atoms with Crippen LogP contribution in [-0.4, -0.2) is 35.7 Å². The van der Waals surface area contributed by atoms with Gasteiger partial charge in [-0.05, 0) is 5.56 Å². The fraction of sp³-hybridized carbons (Fsp3) is 0.308. The van der Waals surface area contributed by atoms with E-state index in [0.29, 0.717) is 6.54 Å². The van der Waals surface area contributed by atoms with E-state index in [1.54, 1.807) is 11.8 Å². The molecule has 1 aromatic carbocycles. The summed E-state index contributed by atoms with van der Waals surface area (Å²) in [7, 11) is 3.86. The Balaban J connectivity index is 2.04. The van der Waals surface area contributed by atoms with Gasteiger partial charge in [-0.2, -0.15) is 0 Å². The first-order valence-electron chi connectivity index (χ1n) is 5.51. The number of hydrogen-bond acceptors (Lipinski definition) is 3. The average Bonchev–Trinajstić information content (AvgIpc) is 2.62. The Morgan fingerprint density at radius 2 is 2.06 bits per heavy atom. The first-order valence-corrected chi connectivity index (χ1v) is 6.49. The lowest BCUT2D eigenvalue weighted by Crippen LogP contribution is -2.24. The summed E-state index contributed by atoms with van der Waals surface area (Å²) in [6.45, 7) is 0.692. The Morgan fingerprint density at radius 1 is 1.35 bits per heavy atom. The number of hydrogen-bond donors (Lipinski definition) is 0. The predicted molar refractivity (Wildman–Crippen MR) is 71.2 cm³/mol. The first-order chi connectivity index (χ1) is 8.16. The highest BCUT2D eigenvalue weighted by molar-refractivity contribution is 8.04. The van der Waals surface area contributed by atoms with Crippen molar-refractivity contribution in [1.82, 2.24) is 9.80 Å². The molecule has 17 heavy (non-hydrogen) atoms. The van der Waals surface area contributed by atoms with Gasteiger partial charge in [-0.1, -0.05) is 42.1 Å². The molecular formula is C13H16N2OS. The van der Waals surface area contributed by atoms with E-state index < -0.39 is 0 Å². The molecular weight excluding hydrogens is 232 g/mol. The second kappa shape index (κ2) is 5.27. The van der Waals surface area contributed by atoms with Crippen LogP contribution in [0, 0.1) is 0 Å². The van der Waals surface area contributed by atoms with E-state index >= 15 is 0 Å². The van der Waals surface area contributed by atoms with E-state index in [0.717, 1.165) is 10.8 Å². The van der Waals surface area contributed by atoms with Crippen LogP contribution in [0.25, 0.3) is 0 Å². The van der Waals surface area contributed by atoms with E-state index in [-0.39, 0.29) is 5.91 Å². The van der Waals surface area contributed by atoms with Crippen molar-refractivity contribution >= 4 is 17.7 Å². The van der Waals surface area contributed by atoms with E-state index in [1.807, 2.05) is 60.4 Å². The summed E-state index contributed by atoms with van der Waals surface area (Å²) in [5.74, 6) is 0.875. The summed E-state index contributed by atoms with van der Waals surface area (Å²) in [6, 6.07) is 10.1.